The van der Waals surface area contributed by atoms with Crippen LogP contribution < -0.4 is 0 Å². The van der Waals surface area contributed by atoms with Crippen molar-refractivity contribution < 1.29 is 0 Å². The van der Waals surface area contributed by atoms with Crippen LogP contribution in [0.3, 0.4) is 0 Å². The van der Waals surface area contributed by atoms with Crippen LogP contribution in [0.15, 0.2) is 170 Å². The van der Waals surface area contributed by atoms with Crippen LogP contribution in [0, 0.1) is 0 Å². The first-order chi connectivity index (χ1) is 25.3. The van der Waals surface area contributed by atoms with Crippen molar-refractivity contribution in [2.45, 2.75) is 0 Å². The maximum atomic E-state index is 5.21. The number of para-hydroxylation sites is 3. The Bertz CT molecular complexity index is 3120. The van der Waals surface area contributed by atoms with E-state index >= 15 is 0 Å². The topological polar surface area (TPSA) is 35.6 Å². The lowest BCUT2D eigenvalue weighted by molar-refractivity contribution is 1.16. The monoisotopic (exact) mass is 668 g/mol. The van der Waals surface area contributed by atoms with Crippen molar-refractivity contribution in [1.82, 2.24) is 19.1 Å². The number of hydrogen-bond donors (Lipinski definition) is 0. The minimum atomic E-state index is 0.729. The van der Waals surface area contributed by atoms with Gasteiger partial charge in [-0.1, -0.05) is 103 Å². The van der Waals surface area contributed by atoms with Crippen molar-refractivity contribution in [3.8, 4) is 34.0 Å². The normalized spacial score (nSPS) is 11.9. The van der Waals surface area contributed by atoms with Gasteiger partial charge in [0.05, 0.1) is 38.0 Å². The standard InChI is InChI=1S/C46H28N4S/c1-3-13-29(14-4-1)43-45-44(35-19-9-12-22-42(35)51-45)48-46(47-43)30-23-25-32(26-24-30)50-39-21-11-8-18-34(39)37-27-36-33-17-7-10-20-38(33)49(40(36)28-41(37)50)31-15-5-2-6-16-31/h1-28H. The summed E-state index contributed by atoms with van der Waals surface area (Å²) in [6.45, 7) is 0. The fourth-order valence-corrected chi connectivity index (χ4v) is 8.99. The second kappa shape index (κ2) is 11.0. The Hall–Kier alpha value is -6.56. The molecule has 7 aromatic carbocycles. The van der Waals surface area contributed by atoms with Gasteiger partial charge in [0.1, 0.15) is 0 Å². The van der Waals surface area contributed by atoms with Gasteiger partial charge in [0.2, 0.25) is 0 Å². The summed E-state index contributed by atoms with van der Waals surface area (Å²) in [6, 6.07) is 60.6. The summed E-state index contributed by atoms with van der Waals surface area (Å²) >= 11 is 1.76. The average Bonchev–Trinajstić information content (AvgIpc) is 3.85. The van der Waals surface area contributed by atoms with Crippen LogP contribution in [0.1, 0.15) is 0 Å². The van der Waals surface area contributed by atoms with Gasteiger partial charge in [0.15, 0.2) is 5.82 Å². The van der Waals surface area contributed by atoms with Crippen molar-refractivity contribution in [2.75, 3.05) is 0 Å². The average molecular weight is 669 g/mol. The van der Waals surface area contributed by atoms with Gasteiger partial charge in [0, 0.05) is 54.1 Å². The summed E-state index contributed by atoms with van der Waals surface area (Å²) in [5.41, 5.74) is 11.1. The fraction of sp³-hybridized carbons (Fsp3) is 0. The molecule has 0 bridgehead atoms. The van der Waals surface area contributed by atoms with Gasteiger partial charge in [-0.25, -0.2) is 9.97 Å². The zero-order valence-corrected chi connectivity index (χ0v) is 28.2. The van der Waals surface area contributed by atoms with E-state index in [0.29, 0.717) is 0 Å². The largest absolute Gasteiger partial charge is 0.309 e. The second-order valence-electron chi connectivity index (χ2n) is 13.0. The molecule has 0 saturated heterocycles. The van der Waals surface area contributed by atoms with Crippen LogP contribution >= 0.6 is 11.3 Å². The Morgan fingerprint density at radius 3 is 1.61 bits per heavy atom. The van der Waals surface area contributed by atoms with E-state index in [-0.39, 0.29) is 0 Å². The van der Waals surface area contributed by atoms with Crippen LogP contribution in [-0.2, 0) is 0 Å². The zero-order chi connectivity index (χ0) is 33.5. The van der Waals surface area contributed by atoms with E-state index in [4.69, 9.17) is 9.97 Å². The predicted molar refractivity (Wildman–Crippen MR) is 214 cm³/mol. The first-order valence-corrected chi connectivity index (χ1v) is 18.0. The molecule has 4 aromatic heterocycles. The lowest BCUT2D eigenvalue weighted by Crippen LogP contribution is -1.97. The smallest absolute Gasteiger partial charge is 0.160 e. The molecule has 4 heterocycles. The van der Waals surface area contributed by atoms with Gasteiger partial charge in [-0.2, -0.15) is 0 Å². The maximum absolute atomic E-state index is 5.21. The zero-order valence-electron chi connectivity index (χ0n) is 27.4. The molecule has 0 atom stereocenters. The molecule has 238 valence electrons. The molecular weight excluding hydrogens is 641 g/mol. The van der Waals surface area contributed by atoms with Crippen molar-refractivity contribution in [3.63, 3.8) is 0 Å². The third kappa shape index (κ3) is 4.25. The highest BCUT2D eigenvalue weighted by Crippen LogP contribution is 2.41. The van der Waals surface area contributed by atoms with Gasteiger partial charge in [-0.3, -0.25) is 0 Å². The van der Waals surface area contributed by atoms with Gasteiger partial charge in [-0.15, -0.1) is 11.3 Å². The Morgan fingerprint density at radius 1 is 0.392 bits per heavy atom. The van der Waals surface area contributed by atoms with Crippen molar-refractivity contribution in [2.24, 2.45) is 0 Å². The summed E-state index contributed by atoms with van der Waals surface area (Å²) in [7, 11) is 0. The molecule has 0 aliphatic heterocycles. The van der Waals surface area contributed by atoms with Gasteiger partial charge in [0.25, 0.3) is 0 Å². The highest BCUT2D eigenvalue weighted by Gasteiger charge is 2.20. The summed E-state index contributed by atoms with van der Waals surface area (Å²) < 4.78 is 7.12. The number of benzene rings is 7. The Labute approximate surface area is 297 Å². The Balaban J connectivity index is 1.13. The van der Waals surface area contributed by atoms with Crippen LogP contribution in [0.4, 0.5) is 0 Å². The molecule has 0 spiro atoms. The summed E-state index contributed by atoms with van der Waals surface area (Å²) in [5.74, 6) is 0.729. The van der Waals surface area contributed by atoms with Gasteiger partial charge in [-0.05, 0) is 66.7 Å². The molecule has 0 radical (unpaired) electrons. The van der Waals surface area contributed by atoms with Crippen LogP contribution in [-0.4, -0.2) is 19.1 Å². The quantitative estimate of drug-likeness (QED) is 0.187. The van der Waals surface area contributed by atoms with Crippen molar-refractivity contribution >= 4 is 75.3 Å². The molecule has 0 amide bonds. The minimum Gasteiger partial charge on any atom is -0.309 e. The molecule has 51 heavy (non-hydrogen) atoms. The number of aromatic nitrogens is 4. The molecule has 5 heteroatoms. The third-order valence-corrected chi connectivity index (χ3v) is 11.3. The number of thiophene rings is 1. The molecule has 0 unspecified atom stereocenters. The number of fused-ring (bicyclic) bond motifs is 9. The van der Waals surface area contributed by atoms with Crippen LogP contribution in [0.2, 0.25) is 0 Å². The van der Waals surface area contributed by atoms with Crippen LogP contribution in [0.5, 0.6) is 0 Å². The van der Waals surface area contributed by atoms with E-state index in [2.05, 4.69) is 173 Å². The first kappa shape index (κ1) is 28.3. The van der Waals surface area contributed by atoms with E-state index < -0.39 is 0 Å². The SMILES string of the molecule is c1ccc(-c2nc(-c3ccc(-n4c5ccccc5c5cc6c7ccccc7n(-c7ccccc7)c6cc54)cc3)nc3c2sc2ccccc23)cc1. The second-order valence-corrected chi connectivity index (χ2v) is 14.1. The lowest BCUT2D eigenvalue weighted by atomic mass is 10.1. The molecule has 11 rings (SSSR count). The molecule has 11 aromatic rings. The summed E-state index contributed by atoms with van der Waals surface area (Å²) in [5, 5.41) is 6.15. The van der Waals surface area contributed by atoms with Crippen molar-refractivity contribution in [3.05, 3.63) is 170 Å². The first-order valence-electron chi connectivity index (χ1n) is 17.2. The molecular formula is C46H28N4S. The van der Waals surface area contributed by atoms with E-state index in [9.17, 15) is 0 Å². The summed E-state index contributed by atoms with van der Waals surface area (Å²) in [4.78, 5) is 10.4. The molecule has 4 nitrogen and oxygen atoms in total. The minimum absolute atomic E-state index is 0.729. The number of rotatable bonds is 4. The highest BCUT2D eigenvalue weighted by atomic mass is 32.1. The van der Waals surface area contributed by atoms with Gasteiger partial charge >= 0.3 is 0 Å². The van der Waals surface area contributed by atoms with Crippen molar-refractivity contribution in [1.29, 1.82) is 0 Å². The Morgan fingerprint density at radius 2 is 0.941 bits per heavy atom. The van der Waals surface area contributed by atoms with E-state index in [0.717, 1.165) is 44.2 Å². The number of hydrogen-bond acceptors (Lipinski definition) is 3. The fourth-order valence-electron chi connectivity index (χ4n) is 7.84. The summed E-state index contributed by atoms with van der Waals surface area (Å²) in [6.07, 6.45) is 0. The third-order valence-electron chi connectivity index (χ3n) is 10.1. The Kier molecular flexibility index (Phi) is 6.09. The highest BCUT2D eigenvalue weighted by molar-refractivity contribution is 7.26. The predicted octanol–water partition coefficient (Wildman–Crippen LogP) is 12.4. The molecule has 0 aliphatic rings. The van der Waals surface area contributed by atoms with E-state index in [1.54, 1.807) is 11.3 Å². The molecule has 0 saturated carbocycles. The van der Waals surface area contributed by atoms with Crippen LogP contribution in [0.25, 0.3) is 97.9 Å². The molecule has 0 N–H and O–H groups in total. The molecule has 0 aliphatic carbocycles. The molecule has 0 fully saturated rings. The number of nitrogens with zero attached hydrogens (tertiary/aromatic N) is 4. The van der Waals surface area contributed by atoms with E-state index in [1.165, 1.54) is 53.7 Å². The van der Waals surface area contributed by atoms with E-state index in [1.807, 2.05) is 6.07 Å². The maximum Gasteiger partial charge on any atom is 0.160 e. The lowest BCUT2D eigenvalue weighted by Gasteiger charge is -2.11. The van der Waals surface area contributed by atoms with Gasteiger partial charge < -0.3 is 9.13 Å².